The second-order valence-electron chi connectivity index (χ2n) is 7.39. The van der Waals surface area contributed by atoms with E-state index < -0.39 is 18.2 Å². The lowest BCUT2D eigenvalue weighted by Gasteiger charge is -2.49. The van der Waals surface area contributed by atoms with Crippen molar-refractivity contribution in [3.05, 3.63) is 35.9 Å². The van der Waals surface area contributed by atoms with Gasteiger partial charge < -0.3 is 23.8 Å². The number of alkyl halides is 1. The summed E-state index contributed by atoms with van der Waals surface area (Å²) in [4.78, 5) is 14.2. The van der Waals surface area contributed by atoms with Crippen LogP contribution in [-0.2, 0) is 30.3 Å². The summed E-state index contributed by atoms with van der Waals surface area (Å²) in [6.45, 7) is 4.34. The summed E-state index contributed by atoms with van der Waals surface area (Å²) >= 11 is 2.32. The second kappa shape index (κ2) is 7.33. The minimum atomic E-state index is -0.666. The molecule has 1 amide bonds. The molecule has 27 heavy (non-hydrogen) atoms. The van der Waals surface area contributed by atoms with Crippen molar-refractivity contribution in [2.45, 2.75) is 60.8 Å². The fourth-order valence-corrected chi connectivity index (χ4v) is 4.94. The molecule has 0 unspecified atom stereocenters. The van der Waals surface area contributed by atoms with Gasteiger partial charge in [0.25, 0.3) is 5.91 Å². The molecule has 144 valence electrons. The molecular formula is C20H22INO5. The molecular weight excluding hydrogens is 461 g/mol. The number of hydrogen-bond donors (Lipinski definition) is 0. The molecule has 4 rings (SSSR count). The molecule has 1 aromatic carbocycles. The molecule has 3 aliphatic rings. The lowest BCUT2D eigenvalue weighted by Crippen LogP contribution is -2.71. The Labute approximate surface area is 172 Å². The highest BCUT2D eigenvalue weighted by atomic mass is 127. The number of terminal acetylenes is 1. The number of halogens is 1. The Hall–Kier alpha value is -1.18. The van der Waals surface area contributed by atoms with Gasteiger partial charge in [-0.25, -0.2) is 0 Å². The number of hydrogen-bond acceptors (Lipinski definition) is 5. The monoisotopic (exact) mass is 483 g/mol. The third-order valence-corrected chi connectivity index (χ3v) is 6.49. The molecule has 1 aromatic rings. The van der Waals surface area contributed by atoms with Crippen LogP contribution in [0.1, 0.15) is 19.4 Å². The zero-order valence-corrected chi connectivity index (χ0v) is 17.4. The predicted octanol–water partition coefficient (Wildman–Crippen LogP) is 2.10. The molecule has 3 fully saturated rings. The van der Waals surface area contributed by atoms with E-state index in [1.54, 1.807) is 4.90 Å². The van der Waals surface area contributed by atoms with E-state index in [1.165, 1.54) is 0 Å². The van der Waals surface area contributed by atoms with Crippen LogP contribution in [0, 0.1) is 12.3 Å². The number of carbonyl (C=O) groups excluding carboxylic acids is 1. The molecule has 0 radical (unpaired) electrons. The van der Waals surface area contributed by atoms with Crippen molar-refractivity contribution in [2.75, 3.05) is 6.54 Å². The zero-order chi connectivity index (χ0) is 19.2. The summed E-state index contributed by atoms with van der Waals surface area (Å²) in [7, 11) is 0. The molecule has 6 atom stereocenters. The van der Waals surface area contributed by atoms with Gasteiger partial charge in [-0.05, 0) is 19.4 Å². The minimum absolute atomic E-state index is 0.0237. The molecule has 0 saturated carbocycles. The number of β-lactam (4-membered cyclic amide) rings is 1. The fourth-order valence-electron chi connectivity index (χ4n) is 3.86. The van der Waals surface area contributed by atoms with E-state index in [1.807, 2.05) is 44.2 Å². The molecule has 3 heterocycles. The van der Waals surface area contributed by atoms with Crippen molar-refractivity contribution in [2.24, 2.45) is 0 Å². The Morgan fingerprint density at radius 1 is 1.26 bits per heavy atom. The van der Waals surface area contributed by atoms with E-state index in [-0.39, 0.29) is 34.6 Å². The van der Waals surface area contributed by atoms with E-state index in [9.17, 15) is 4.79 Å². The van der Waals surface area contributed by atoms with Crippen molar-refractivity contribution in [1.29, 1.82) is 0 Å². The Bertz CT molecular complexity index is 748. The van der Waals surface area contributed by atoms with Gasteiger partial charge in [-0.15, -0.1) is 6.42 Å². The maximum atomic E-state index is 12.6. The normalized spacial score (nSPS) is 37.0. The summed E-state index contributed by atoms with van der Waals surface area (Å²) in [6.07, 6.45) is 4.00. The average molecular weight is 483 g/mol. The third kappa shape index (κ3) is 3.49. The Morgan fingerprint density at radius 3 is 2.67 bits per heavy atom. The van der Waals surface area contributed by atoms with Crippen LogP contribution < -0.4 is 0 Å². The van der Waals surface area contributed by atoms with E-state index in [4.69, 9.17) is 25.4 Å². The third-order valence-electron chi connectivity index (χ3n) is 5.07. The first-order chi connectivity index (χ1) is 12.9. The summed E-state index contributed by atoms with van der Waals surface area (Å²) in [5.74, 6) is 1.79. The quantitative estimate of drug-likeness (QED) is 0.278. The van der Waals surface area contributed by atoms with Crippen LogP contribution in [0.3, 0.4) is 0 Å². The van der Waals surface area contributed by atoms with E-state index in [0.29, 0.717) is 6.61 Å². The number of benzene rings is 1. The Balaban J connectivity index is 1.48. The number of nitrogens with zero attached hydrogens (tertiary/aromatic N) is 1. The van der Waals surface area contributed by atoms with Gasteiger partial charge in [-0.3, -0.25) is 4.79 Å². The molecule has 0 spiro atoms. The molecule has 0 N–H and O–H groups in total. The number of ether oxygens (including phenoxy) is 4. The lowest BCUT2D eigenvalue weighted by molar-refractivity contribution is -0.226. The summed E-state index contributed by atoms with van der Waals surface area (Å²) in [5.41, 5.74) is 1.02. The maximum Gasteiger partial charge on any atom is 0.255 e. The first-order valence-electron chi connectivity index (χ1n) is 8.96. The first kappa shape index (κ1) is 19.2. The van der Waals surface area contributed by atoms with Crippen LogP contribution in [0.25, 0.3) is 0 Å². The van der Waals surface area contributed by atoms with Crippen LogP contribution in [0.15, 0.2) is 30.3 Å². The highest BCUT2D eigenvalue weighted by molar-refractivity contribution is 14.1. The largest absolute Gasteiger partial charge is 0.361 e. The van der Waals surface area contributed by atoms with Crippen molar-refractivity contribution >= 4 is 28.5 Å². The standard InChI is InChI=1S/C20H22INO5/c1-4-10-22-14(15-13(21)16-19(25-15)27-20(2,3)26-16)17(18(22)23)24-11-12-8-6-5-7-9-12/h1,5-9,13-17,19H,10-11H2,2-3H3/t13-,14+,15+,16-,17-,19-/m1/s1. The van der Waals surface area contributed by atoms with Crippen molar-refractivity contribution in [3.8, 4) is 12.3 Å². The maximum absolute atomic E-state index is 12.6. The van der Waals surface area contributed by atoms with Crippen molar-refractivity contribution in [3.63, 3.8) is 0 Å². The molecule has 0 bridgehead atoms. The van der Waals surface area contributed by atoms with Crippen LogP contribution in [0.4, 0.5) is 0 Å². The molecule has 0 aliphatic carbocycles. The van der Waals surface area contributed by atoms with Gasteiger partial charge in [0.15, 0.2) is 18.2 Å². The topological polar surface area (TPSA) is 57.2 Å². The number of fused-ring (bicyclic) bond motifs is 1. The Morgan fingerprint density at radius 2 is 2.00 bits per heavy atom. The smallest absolute Gasteiger partial charge is 0.255 e. The van der Waals surface area contributed by atoms with Crippen LogP contribution in [-0.4, -0.2) is 57.7 Å². The SMILES string of the molecule is C#CCN1C(=O)[C@H](OCc2ccccc2)[C@@H]1[C@H]1O[C@@H]2OC(C)(C)O[C@@H]2[C@@H]1I. The number of rotatable bonds is 5. The lowest BCUT2D eigenvalue weighted by atomic mass is 9.90. The van der Waals surface area contributed by atoms with E-state index in [2.05, 4.69) is 28.5 Å². The Kier molecular flexibility index (Phi) is 5.20. The average Bonchev–Trinajstić information content (AvgIpc) is 3.10. The molecule has 3 saturated heterocycles. The number of carbonyl (C=O) groups is 1. The minimum Gasteiger partial charge on any atom is -0.361 e. The van der Waals surface area contributed by atoms with Gasteiger partial charge in [0.1, 0.15) is 6.10 Å². The first-order valence-corrected chi connectivity index (χ1v) is 10.2. The molecule has 6 nitrogen and oxygen atoms in total. The van der Waals surface area contributed by atoms with Gasteiger partial charge in [0.05, 0.1) is 29.2 Å². The van der Waals surface area contributed by atoms with Crippen molar-refractivity contribution in [1.82, 2.24) is 4.90 Å². The molecule has 7 heteroatoms. The highest BCUT2D eigenvalue weighted by Crippen LogP contribution is 2.44. The summed E-state index contributed by atoms with van der Waals surface area (Å²) in [5, 5.41) is 0. The number of likely N-dealkylation sites (tertiary alicyclic amines) is 1. The predicted molar refractivity (Wildman–Crippen MR) is 106 cm³/mol. The van der Waals surface area contributed by atoms with Gasteiger partial charge in [0.2, 0.25) is 0 Å². The van der Waals surface area contributed by atoms with Crippen LogP contribution in [0.5, 0.6) is 0 Å². The van der Waals surface area contributed by atoms with Gasteiger partial charge >= 0.3 is 0 Å². The van der Waals surface area contributed by atoms with E-state index >= 15 is 0 Å². The van der Waals surface area contributed by atoms with Crippen molar-refractivity contribution < 1.29 is 23.7 Å². The molecule has 3 aliphatic heterocycles. The van der Waals surface area contributed by atoms with Gasteiger partial charge in [-0.2, -0.15) is 0 Å². The van der Waals surface area contributed by atoms with Crippen LogP contribution >= 0.6 is 22.6 Å². The van der Waals surface area contributed by atoms with Gasteiger partial charge in [0, 0.05) is 0 Å². The number of amides is 1. The molecule has 0 aromatic heterocycles. The van der Waals surface area contributed by atoms with Gasteiger partial charge in [-0.1, -0.05) is 58.8 Å². The summed E-state index contributed by atoms with van der Waals surface area (Å²) in [6, 6.07) is 9.53. The van der Waals surface area contributed by atoms with Crippen LogP contribution in [0.2, 0.25) is 0 Å². The van der Waals surface area contributed by atoms with E-state index in [0.717, 1.165) is 5.56 Å². The summed E-state index contributed by atoms with van der Waals surface area (Å²) < 4.78 is 24.0. The highest BCUT2D eigenvalue weighted by Gasteiger charge is 2.62. The second-order valence-corrected chi connectivity index (χ2v) is 8.83. The fraction of sp³-hybridized carbons (Fsp3) is 0.550. The zero-order valence-electron chi connectivity index (χ0n) is 15.2.